The molecular weight excluding hydrogens is 1330 g/mol. The van der Waals surface area contributed by atoms with E-state index in [1.807, 2.05) is 0 Å². The van der Waals surface area contributed by atoms with Crippen LogP contribution in [0.3, 0.4) is 0 Å². The molecule has 0 bridgehead atoms. The lowest BCUT2D eigenvalue weighted by molar-refractivity contribution is -0.161. The van der Waals surface area contributed by atoms with Gasteiger partial charge in [-0.15, -0.1) is 0 Å². The standard InChI is InChI=1S/C83H162O17P2/c1-7-10-12-14-16-18-20-22-23-24-25-26-27-28-29-34-38-42-49-55-61-67-82(87)99-78(71-93-81(86)66-60-54-48-41-37-33-31-30-32-35-39-45-51-57-63-75(4)5)73-97-101(89,90)95-69-77(84)70-96-102(91,92)98-74-79(100-83(88)68-62-56-50-44-43-46-52-58-64-76(6)9-3)72-94-80(85)65-59-53-47-40-36-21-19-17-15-13-11-8-2/h75-79,84H,7-74H2,1-6H3,(H,89,90)(H,91,92)/t76?,77-,78-,79-/m1/s1. The second-order valence-corrected chi connectivity index (χ2v) is 33.5. The maximum absolute atomic E-state index is 13.1. The molecule has 0 rings (SSSR count). The lowest BCUT2D eigenvalue weighted by Crippen LogP contribution is -2.30. The second-order valence-electron chi connectivity index (χ2n) is 30.6. The highest BCUT2D eigenvalue weighted by Crippen LogP contribution is 2.45. The van der Waals surface area contributed by atoms with Crippen molar-refractivity contribution in [1.82, 2.24) is 0 Å². The number of rotatable bonds is 82. The van der Waals surface area contributed by atoms with Gasteiger partial charge in [0.1, 0.15) is 19.3 Å². The van der Waals surface area contributed by atoms with Crippen LogP contribution in [0.1, 0.15) is 440 Å². The Morgan fingerprint density at radius 3 is 0.745 bits per heavy atom. The van der Waals surface area contributed by atoms with E-state index in [1.165, 1.54) is 257 Å². The summed E-state index contributed by atoms with van der Waals surface area (Å²) in [5.41, 5.74) is 0. The van der Waals surface area contributed by atoms with Gasteiger partial charge < -0.3 is 33.8 Å². The lowest BCUT2D eigenvalue weighted by Gasteiger charge is -2.21. The number of unbranched alkanes of at least 4 members (excludes halogenated alkanes) is 51. The Morgan fingerprint density at radius 2 is 0.500 bits per heavy atom. The number of hydrogen-bond acceptors (Lipinski definition) is 15. The zero-order chi connectivity index (χ0) is 74.9. The number of carbonyl (C=O) groups is 4. The first-order valence-corrected chi connectivity index (χ1v) is 46.0. The van der Waals surface area contributed by atoms with Crippen LogP contribution in [0.5, 0.6) is 0 Å². The maximum Gasteiger partial charge on any atom is 0.472 e. The van der Waals surface area contributed by atoms with Gasteiger partial charge in [-0.2, -0.15) is 0 Å². The zero-order valence-corrected chi connectivity index (χ0v) is 68.7. The summed E-state index contributed by atoms with van der Waals surface area (Å²) in [6, 6.07) is 0. The highest BCUT2D eigenvalue weighted by Gasteiger charge is 2.30. The molecule has 606 valence electrons. The molecule has 0 aliphatic rings. The quantitative estimate of drug-likeness (QED) is 0.0222. The third kappa shape index (κ3) is 74.9. The van der Waals surface area contributed by atoms with Crippen molar-refractivity contribution in [2.45, 2.75) is 458 Å². The molecular formula is C83H162O17P2. The molecule has 6 atom stereocenters. The molecule has 0 aliphatic heterocycles. The van der Waals surface area contributed by atoms with Gasteiger partial charge in [-0.1, -0.05) is 388 Å². The first-order valence-electron chi connectivity index (χ1n) is 43.0. The maximum atomic E-state index is 13.1. The van der Waals surface area contributed by atoms with Gasteiger partial charge in [0, 0.05) is 25.7 Å². The largest absolute Gasteiger partial charge is 0.472 e. The molecule has 3 unspecified atom stereocenters. The first-order chi connectivity index (χ1) is 49.4. The van der Waals surface area contributed by atoms with E-state index in [-0.39, 0.29) is 25.7 Å². The van der Waals surface area contributed by atoms with Crippen molar-refractivity contribution >= 4 is 39.5 Å². The van der Waals surface area contributed by atoms with Crippen LogP contribution < -0.4 is 0 Å². The molecule has 19 heteroatoms. The van der Waals surface area contributed by atoms with E-state index in [0.29, 0.717) is 25.7 Å². The van der Waals surface area contributed by atoms with Gasteiger partial charge in [-0.3, -0.25) is 37.3 Å². The summed E-state index contributed by atoms with van der Waals surface area (Å²) in [7, 11) is -9.92. The fourth-order valence-electron chi connectivity index (χ4n) is 12.9. The molecule has 0 radical (unpaired) electrons. The lowest BCUT2D eigenvalue weighted by atomic mass is 9.99. The SMILES string of the molecule is CCCCCCCCCCCCCCCCCCCCCCCC(=O)O[C@H](COC(=O)CCCCCCCCCCCCCCCCC(C)C)COP(=O)(O)OC[C@@H](O)COP(=O)(O)OC[C@@H](COC(=O)CCCCCCCCCCCCCC)OC(=O)CCCCCCCCCCC(C)CC. The molecule has 17 nitrogen and oxygen atoms in total. The van der Waals surface area contributed by atoms with Crippen molar-refractivity contribution in [2.75, 3.05) is 39.6 Å². The summed E-state index contributed by atoms with van der Waals surface area (Å²) in [5, 5.41) is 10.7. The number of phosphoric acid groups is 2. The highest BCUT2D eigenvalue weighted by molar-refractivity contribution is 7.47. The number of aliphatic hydroxyl groups is 1. The smallest absolute Gasteiger partial charge is 0.462 e. The van der Waals surface area contributed by atoms with Crippen LogP contribution in [0.4, 0.5) is 0 Å². The van der Waals surface area contributed by atoms with Crippen LogP contribution in [-0.4, -0.2) is 96.7 Å². The Bertz CT molecular complexity index is 1960. The van der Waals surface area contributed by atoms with Gasteiger partial charge in [0.2, 0.25) is 0 Å². The molecule has 0 aromatic carbocycles. The number of aliphatic hydroxyl groups excluding tert-OH is 1. The van der Waals surface area contributed by atoms with E-state index < -0.39 is 97.5 Å². The minimum Gasteiger partial charge on any atom is -0.462 e. The van der Waals surface area contributed by atoms with E-state index in [9.17, 15) is 43.2 Å². The van der Waals surface area contributed by atoms with Crippen molar-refractivity contribution in [3.8, 4) is 0 Å². The fraction of sp³-hybridized carbons (Fsp3) is 0.952. The first kappa shape index (κ1) is 100. The molecule has 3 N–H and O–H groups in total. The van der Waals surface area contributed by atoms with Crippen LogP contribution in [0.25, 0.3) is 0 Å². The fourth-order valence-corrected chi connectivity index (χ4v) is 14.4. The Balaban J connectivity index is 5.23. The van der Waals surface area contributed by atoms with Crippen LogP contribution in [0.2, 0.25) is 0 Å². The van der Waals surface area contributed by atoms with E-state index in [0.717, 1.165) is 102 Å². The van der Waals surface area contributed by atoms with E-state index >= 15 is 0 Å². The zero-order valence-electron chi connectivity index (χ0n) is 66.9. The molecule has 0 spiro atoms. The van der Waals surface area contributed by atoms with Gasteiger partial charge in [0.15, 0.2) is 12.2 Å². The highest BCUT2D eigenvalue weighted by atomic mass is 31.2. The summed E-state index contributed by atoms with van der Waals surface area (Å²) >= 11 is 0. The molecule has 0 aliphatic carbocycles. The van der Waals surface area contributed by atoms with E-state index in [1.54, 1.807) is 0 Å². The van der Waals surface area contributed by atoms with Crippen molar-refractivity contribution in [1.29, 1.82) is 0 Å². The minimum absolute atomic E-state index is 0.106. The number of phosphoric ester groups is 2. The number of hydrogen-bond donors (Lipinski definition) is 3. The predicted octanol–water partition coefficient (Wildman–Crippen LogP) is 25.1. The molecule has 0 saturated heterocycles. The number of ether oxygens (including phenoxy) is 4. The predicted molar refractivity (Wildman–Crippen MR) is 418 cm³/mol. The number of esters is 4. The van der Waals surface area contributed by atoms with Gasteiger partial charge in [-0.25, -0.2) is 9.13 Å². The van der Waals surface area contributed by atoms with Crippen LogP contribution in [0.15, 0.2) is 0 Å². The third-order valence-electron chi connectivity index (χ3n) is 19.8. The molecule has 0 amide bonds. The summed E-state index contributed by atoms with van der Waals surface area (Å²) in [5.74, 6) is -0.538. The minimum atomic E-state index is -4.96. The molecule has 0 heterocycles. The Kier molecular flexibility index (Phi) is 73.1. The van der Waals surface area contributed by atoms with Gasteiger partial charge in [-0.05, 0) is 37.5 Å². The molecule has 0 aromatic heterocycles. The third-order valence-corrected chi connectivity index (χ3v) is 21.7. The summed E-state index contributed by atoms with van der Waals surface area (Å²) in [6.07, 6.45) is 65.2. The molecule has 0 aromatic rings. The topological polar surface area (TPSA) is 237 Å². The van der Waals surface area contributed by atoms with Gasteiger partial charge in [0.05, 0.1) is 26.4 Å². The summed E-state index contributed by atoms with van der Waals surface area (Å²) in [6.45, 7) is 9.67. The van der Waals surface area contributed by atoms with Crippen molar-refractivity contribution in [3.05, 3.63) is 0 Å². The molecule has 102 heavy (non-hydrogen) atoms. The molecule has 0 saturated carbocycles. The van der Waals surface area contributed by atoms with Crippen LogP contribution in [-0.2, 0) is 65.4 Å². The Morgan fingerprint density at radius 1 is 0.284 bits per heavy atom. The molecule has 0 fully saturated rings. The average molecular weight is 1490 g/mol. The van der Waals surface area contributed by atoms with Gasteiger partial charge >= 0.3 is 39.5 Å². The number of carbonyl (C=O) groups excluding carboxylic acids is 4. The van der Waals surface area contributed by atoms with Crippen molar-refractivity contribution < 1.29 is 80.2 Å². The van der Waals surface area contributed by atoms with E-state index in [2.05, 4.69) is 41.5 Å². The monoisotopic (exact) mass is 1490 g/mol. The normalized spacial score (nSPS) is 14.1. The second kappa shape index (κ2) is 74.5. The van der Waals surface area contributed by atoms with Crippen molar-refractivity contribution in [3.63, 3.8) is 0 Å². The van der Waals surface area contributed by atoms with Gasteiger partial charge in [0.25, 0.3) is 0 Å². The van der Waals surface area contributed by atoms with Crippen LogP contribution in [0, 0.1) is 11.8 Å². The Hall–Kier alpha value is -1.94. The Labute approximate surface area is 626 Å². The summed E-state index contributed by atoms with van der Waals surface area (Å²) in [4.78, 5) is 73.1. The average Bonchev–Trinajstić information content (AvgIpc) is 0.911. The van der Waals surface area contributed by atoms with E-state index in [4.69, 9.17) is 37.0 Å². The van der Waals surface area contributed by atoms with Crippen molar-refractivity contribution in [2.24, 2.45) is 11.8 Å². The summed E-state index contributed by atoms with van der Waals surface area (Å²) < 4.78 is 68.8. The van der Waals surface area contributed by atoms with Crippen LogP contribution >= 0.6 is 15.6 Å².